The summed E-state index contributed by atoms with van der Waals surface area (Å²) in [6.07, 6.45) is 1.39. The zero-order valence-electron chi connectivity index (χ0n) is 12.2. The topological polar surface area (TPSA) is 44.8 Å². The summed E-state index contributed by atoms with van der Waals surface area (Å²) in [7, 11) is 2.84. The highest BCUT2D eigenvalue weighted by Gasteiger charge is 2.24. The van der Waals surface area contributed by atoms with Crippen LogP contribution >= 0.6 is 11.8 Å². The predicted octanol–water partition coefficient (Wildman–Crippen LogP) is 4.10. The van der Waals surface area contributed by atoms with E-state index < -0.39 is 5.97 Å². The SMILES string of the molecule is COC=C(C(=O)OC)c1cccc2c1Sc1ccccc1O2. The Labute approximate surface area is 132 Å². The molecule has 0 bridgehead atoms. The molecule has 0 amide bonds. The maximum Gasteiger partial charge on any atom is 0.341 e. The number of hydrogen-bond donors (Lipinski definition) is 0. The van der Waals surface area contributed by atoms with Crippen LogP contribution in [0.25, 0.3) is 5.57 Å². The van der Waals surface area contributed by atoms with E-state index >= 15 is 0 Å². The molecule has 0 saturated carbocycles. The lowest BCUT2D eigenvalue weighted by atomic mass is 10.1. The third kappa shape index (κ3) is 2.55. The molecule has 112 valence electrons. The Balaban J connectivity index is 2.10. The van der Waals surface area contributed by atoms with Crippen molar-refractivity contribution in [3.8, 4) is 11.5 Å². The quantitative estimate of drug-likeness (QED) is 0.414. The Kier molecular flexibility index (Phi) is 4.06. The van der Waals surface area contributed by atoms with Gasteiger partial charge in [0.1, 0.15) is 17.1 Å². The summed E-state index contributed by atoms with van der Waals surface area (Å²) in [5.41, 5.74) is 1.09. The van der Waals surface area contributed by atoms with Crippen molar-refractivity contribution >= 4 is 23.3 Å². The number of methoxy groups -OCH3 is 2. The van der Waals surface area contributed by atoms with Gasteiger partial charge in [-0.2, -0.15) is 0 Å². The molecule has 2 aromatic carbocycles. The highest BCUT2D eigenvalue weighted by Crippen LogP contribution is 2.49. The average Bonchev–Trinajstić information content (AvgIpc) is 2.57. The van der Waals surface area contributed by atoms with Crippen molar-refractivity contribution in [2.45, 2.75) is 9.79 Å². The molecule has 3 rings (SSSR count). The number of hydrogen-bond acceptors (Lipinski definition) is 5. The lowest BCUT2D eigenvalue weighted by Gasteiger charge is -2.22. The third-order valence-corrected chi connectivity index (χ3v) is 4.37. The van der Waals surface area contributed by atoms with Gasteiger partial charge in [0, 0.05) is 5.56 Å². The minimum absolute atomic E-state index is 0.359. The molecular weight excluding hydrogens is 300 g/mol. The van der Waals surface area contributed by atoms with Crippen LogP contribution in [0.4, 0.5) is 0 Å². The van der Waals surface area contributed by atoms with Gasteiger partial charge in [0.2, 0.25) is 0 Å². The Hall–Kier alpha value is -2.40. The molecule has 5 heteroatoms. The van der Waals surface area contributed by atoms with Crippen molar-refractivity contribution in [2.75, 3.05) is 14.2 Å². The number of carbonyl (C=O) groups is 1. The first-order chi connectivity index (χ1) is 10.7. The molecule has 4 nitrogen and oxygen atoms in total. The largest absolute Gasteiger partial charge is 0.503 e. The second kappa shape index (κ2) is 6.15. The molecule has 0 aromatic heterocycles. The van der Waals surface area contributed by atoms with Crippen molar-refractivity contribution in [1.82, 2.24) is 0 Å². The van der Waals surface area contributed by atoms with Crippen LogP contribution in [0.1, 0.15) is 5.56 Å². The fourth-order valence-electron chi connectivity index (χ4n) is 2.21. The Morgan fingerprint density at radius 3 is 2.64 bits per heavy atom. The summed E-state index contributed by atoms with van der Waals surface area (Å²) >= 11 is 1.56. The van der Waals surface area contributed by atoms with Crippen molar-refractivity contribution in [1.29, 1.82) is 0 Å². The van der Waals surface area contributed by atoms with Crippen molar-refractivity contribution in [3.63, 3.8) is 0 Å². The molecule has 22 heavy (non-hydrogen) atoms. The summed E-state index contributed by atoms with van der Waals surface area (Å²) in [5.74, 6) is 1.08. The molecule has 0 saturated heterocycles. The number of para-hydroxylation sites is 1. The summed E-state index contributed by atoms with van der Waals surface area (Å²) in [5, 5.41) is 0. The van der Waals surface area contributed by atoms with Crippen LogP contribution in [0.2, 0.25) is 0 Å². The van der Waals surface area contributed by atoms with Crippen LogP contribution in [-0.2, 0) is 14.3 Å². The molecule has 0 aliphatic carbocycles. The second-order valence-electron chi connectivity index (χ2n) is 4.54. The second-order valence-corrected chi connectivity index (χ2v) is 5.59. The maximum absolute atomic E-state index is 12.0. The van der Waals surface area contributed by atoms with Crippen LogP contribution in [0, 0.1) is 0 Å². The van der Waals surface area contributed by atoms with Gasteiger partial charge in [0.15, 0.2) is 0 Å². The molecule has 1 heterocycles. The summed E-state index contributed by atoms with van der Waals surface area (Å²) in [6.45, 7) is 0. The normalized spacial score (nSPS) is 12.7. The monoisotopic (exact) mass is 314 g/mol. The van der Waals surface area contributed by atoms with Gasteiger partial charge in [-0.1, -0.05) is 36.0 Å². The van der Waals surface area contributed by atoms with E-state index in [0.29, 0.717) is 11.3 Å². The van der Waals surface area contributed by atoms with Crippen LogP contribution in [0.3, 0.4) is 0 Å². The Morgan fingerprint density at radius 2 is 1.86 bits per heavy atom. The molecular formula is C17H14O4S. The first-order valence-corrected chi connectivity index (χ1v) is 7.45. The van der Waals surface area contributed by atoms with Crippen LogP contribution in [-0.4, -0.2) is 20.2 Å². The average molecular weight is 314 g/mol. The third-order valence-electron chi connectivity index (χ3n) is 3.19. The van der Waals surface area contributed by atoms with E-state index in [1.165, 1.54) is 20.5 Å². The molecule has 0 fully saturated rings. The smallest absolute Gasteiger partial charge is 0.341 e. The molecule has 0 atom stereocenters. The number of benzene rings is 2. The molecule has 2 aromatic rings. The first kappa shape index (κ1) is 14.5. The van der Waals surface area contributed by atoms with Gasteiger partial charge in [0.05, 0.1) is 30.3 Å². The van der Waals surface area contributed by atoms with Crippen molar-refractivity contribution in [3.05, 3.63) is 54.3 Å². The maximum atomic E-state index is 12.0. The number of ether oxygens (including phenoxy) is 3. The van der Waals surface area contributed by atoms with E-state index in [1.54, 1.807) is 11.8 Å². The van der Waals surface area contributed by atoms with Gasteiger partial charge in [0.25, 0.3) is 0 Å². The number of carbonyl (C=O) groups excluding carboxylic acids is 1. The van der Waals surface area contributed by atoms with Gasteiger partial charge < -0.3 is 14.2 Å². The lowest BCUT2D eigenvalue weighted by Crippen LogP contribution is -2.07. The number of esters is 1. The summed E-state index contributed by atoms with van der Waals surface area (Å²) in [6, 6.07) is 13.4. The minimum atomic E-state index is -0.449. The highest BCUT2D eigenvalue weighted by molar-refractivity contribution is 7.99. The summed E-state index contributed by atoms with van der Waals surface area (Å²) in [4.78, 5) is 13.9. The Morgan fingerprint density at radius 1 is 1.09 bits per heavy atom. The predicted molar refractivity (Wildman–Crippen MR) is 84.1 cm³/mol. The van der Waals surface area contributed by atoms with Gasteiger partial charge in [-0.15, -0.1) is 0 Å². The highest BCUT2D eigenvalue weighted by atomic mass is 32.2. The molecule has 1 aliphatic rings. The fourth-order valence-corrected chi connectivity index (χ4v) is 3.29. The lowest BCUT2D eigenvalue weighted by molar-refractivity contribution is -0.133. The standard InChI is InChI=1S/C17H14O4S/c1-19-10-12(17(18)20-2)11-6-5-8-14-16(11)22-15-9-4-3-7-13(15)21-14/h3-10H,1-2H3. The molecule has 0 unspecified atom stereocenters. The van der Waals surface area contributed by atoms with Crippen LogP contribution < -0.4 is 4.74 Å². The summed E-state index contributed by atoms with van der Waals surface area (Å²) < 4.78 is 15.8. The van der Waals surface area contributed by atoms with E-state index in [1.807, 2.05) is 42.5 Å². The van der Waals surface area contributed by atoms with Gasteiger partial charge in [-0.3, -0.25) is 0 Å². The van der Waals surface area contributed by atoms with Crippen LogP contribution in [0.15, 0.2) is 58.5 Å². The zero-order valence-corrected chi connectivity index (χ0v) is 13.0. The number of rotatable bonds is 3. The fraction of sp³-hybridized carbons (Fsp3) is 0.118. The molecule has 1 aliphatic heterocycles. The van der Waals surface area contributed by atoms with Gasteiger partial charge in [-0.25, -0.2) is 4.79 Å². The van der Waals surface area contributed by atoms with E-state index in [2.05, 4.69) is 0 Å². The van der Waals surface area contributed by atoms with Crippen molar-refractivity contribution < 1.29 is 19.0 Å². The first-order valence-electron chi connectivity index (χ1n) is 6.64. The molecule has 0 spiro atoms. The van der Waals surface area contributed by atoms with Gasteiger partial charge >= 0.3 is 5.97 Å². The van der Waals surface area contributed by atoms with E-state index in [0.717, 1.165) is 21.1 Å². The van der Waals surface area contributed by atoms with Crippen LogP contribution in [0.5, 0.6) is 11.5 Å². The molecule has 0 N–H and O–H groups in total. The van der Waals surface area contributed by atoms with E-state index in [9.17, 15) is 4.79 Å². The van der Waals surface area contributed by atoms with Crippen molar-refractivity contribution in [2.24, 2.45) is 0 Å². The zero-order chi connectivity index (χ0) is 15.5. The Bertz CT molecular complexity index is 752. The minimum Gasteiger partial charge on any atom is -0.503 e. The molecule has 0 radical (unpaired) electrons. The number of fused-ring (bicyclic) bond motifs is 2. The van der Waals surface area contributed by atoms with Gasteiger partial charge in [-0.05, 0) is 18.2 Å². The van der Waals surface area contributed by atoms with E-state index in [-0.39, 0.29) is 0 Å². The van der Waals surface area contributed by atoms with E-state index in [4.69, 9.17) is 14.2 Å².